The predicted octanol–water partition coefficient (Wildman–Crippen LogP) is -0.438. The number of carboxylic acid groups (broad SMARTS) is 1. The second-order valence-corrected chi connectivity index (χ2v) is 0.747. The Bertz CT molecular complexity index is 48.2. The normalized spacial score (nSPS) is 5.29. The molecule has 0 aliphatic heterocycles. The van der Waals surface area contributed by atoms with E-state index in [-0.39, 0.29) is 49.0 Å². The van der Waals surface area contributed by atoms with Crippen molar-refractivity contribution in [2.75, 3.05) is 0 Å². The van der Waals surface area contributed by atoms with E-state index in [9.17, 15) is 4.79 Å². The topological polar surface area (TPSA) is 37.3 Å². The molecule has 0 amide bonds. The van der Waals surface area contributed by atoms with Gasteiger partial charge in [0.25, 0.3) is 0 Å². The van der Waals surface area contributed by atoms with Crippen molar-refractivity contribution in [3.8, 4) is 0 Å². The molecule has 0 atom stereocenters. The summed E-state index contributed by atoms with van der Waals surface area (Å²) in [5.74, 6) is -0.745. The molecule has 0 saturated carbocycles. The first kappa shape index (κ1) is 15.7. The van der Waals surface area contributed by atoms with Crippen molar-refractivity contribution in [2.24, 2.45) is 0 Å². The molecule has 0 aliphatic rings. The fraction of sp³-hybridized carbons (Fsp3) is 0.667. The number of hydrogen-bond acceptors (Lipinski definition) is 1. The second kappa shape index (κ2) is 9.97. The van der Waals surface area contributed by atoms with Crippen molar-refractivity contribution in [1.29, 1.82) is 0 Å². The van der Waals surface area contributed by atoms with Crippen LogP contribution in [-0.4, -0.2) is 34.1 Å². The quantitative estimate of drug-likeness (QED) is 0.536. The minimum absolute atomic E-state index is 0. The predicted molar refractivity (Wildman–Crippen MR) is 26.5 cm³/mol. The summed E-state index contributed by atoms with van der Waals surface area (Å²) in [6.07, 6.45) is 0.222. The zero-order chi connectivity index (χ0) is 4.28. The molecule has 0 radical (unpaired) electrons. The molecule has 7 heavy (non-hydrogen) atoms. The summed E-state index contributed by atoms with van der Waals surface area (Å²) in [4.78, 5) is 9.37. The van der Waals surface area contributed by atoms with Crippen molar-refractivity contribution in [3.05, 3.63) is 0 Å². The van der Waals surface area contributed by atoms with Crippen molar-refractivity contribution in [1.82, 2.24) is 0 Å². The third-order valence-corrected chi connectivity index (χ3v) is 0.302. The van der Waals surface area contributed by atoms with E-state index in [4.69, 9.17) is 5.11 Å². The summed E-state index contributed by atoms with van der Waals surface area (Å²) in [5, 5.41) is 7.72. The SMILES string of the molecule is CCC(=O)O.[MgH2].[Zn]. The molecule has 0 bridgehead atoms. The van der Waals surface area contributed by atoms with Crippen molar-refractivity contribution in [3.63, 3.8) is 0 Å². The first-order valence-corrected chi connectivity index (χ1v) is 1.49. The average Bonchev–Trinajstić information content (AvgIpc) is 1.38. The molecule has 1 N–H and O–H groups in total. The van der Waals surface area contributed by atoms with Gasteiger partial charge in [-0.15, -0.1) is 0 Å². The third-order valence-electron chi connectivity index (χ3n) is 0.302. The van der Waals surface area contributed by atoms with Crippen LogP contribution < -0.4 is 0 Å². The molecule has 0 heterocycles. The molecule has 0 spiro atoms. The first-order chi connectivity index (χ1) is 2.27. The van der Waals surface area contributed by atoms with Crippen LogP contribution in [0.5, 0.6) is 0 Å². The summed E-state index contributed by atoms with van der Waals surface area (Å²) in [6.45, 7) is 1.60. The van der Waals surface area contributed by atoms with Gasteiger partial charge in [-0.25, -0.2) is 0 Å². The Hall–Kier alpha value is 0.860. The van der Waals surface area contributed by atoms with E-state index in [0.29, 0.717) is 0 Å². The molecule has 36 valence electrons. The van der Waals surface area contributed by atoms with Crippen LogP contribution in [0.4, 0.5) is 0 Å². The van der Waals surface area contributed by atoms with Crippen molar-refractivity contribution in [2.45, 2.75) is 13.3 Å². The molecular formula is C3H8MgO2Zn. The van der Waals surface area contributed by atoms with Gasteiger partial charge in [-0.1, -0.05) is 6.92 Å². The molecule has 0 aliphatic carbocycles. The van der Waals surface area contributed by atoms with E-state index < -0.39 is 5.97 Å². The molecule has 2 nitrogen and oxygen atoms in total. The van der Waals surface area contributed by atoms with Crippen LogP contribution in [0, 0.1) is 0 Å². The maximum Gasteiger partial charge on any atom is 0.316 e. The number of aliphatic carboxylic acids is 1. The third kappa shape index (κ3) is 19.8. The van der Waals surface area contributed by atoms with Crippen molar-refractivity contribution < 1.29 is 29.4 Å². The Morgan fingerprint density at radius 2 is 1.86 bits per heavy atom. The van der Waals surface area contributed by atoms with E-state index >= 15 is 0 Å². The standard InChI is InChI=1S/C3H6O2.Mg.Zn.2H/c1-2-3(4)5;;;;/h2H2,1H3,(H,4,5);;;;. The van der Waals surface area contributed by atoms with Gasteiger partial charge >= 0.3 is 29.0 Å². The molecule has 0 aromatic carbocycles. The van der Waals surface area contributed by atoms with Crippen LogP contribution in [0.3, 0.4) is 0 Å². The molecule has 4 heteroatoms. The minimum atomic E-state index is -0.745. The maximum absolute atomic E-state index is 9.37. The summed E-state index contributed by atoms with van der Waals surface area (Å²) in [6, 6.07) is 0. The molecule has 0 unspecified atom stereocenters. The van der Waals surface area contributed by atoms with Gasteiger partial charge in [0.2, 0.25) is 0 Å². The first-order valence-electron chi connectivity index (χ1n) is 1.49. The summed E-state index contributed by atoms with van der Waals surface area (Å²) in [5.41, 5.74) is 0. The van der Waals surface area contributed by atoms with Gasteiger partial charge in [-0.3, -0.25) is 4.79 Å². The van der Waals surface area contributed by atoms with Crippen LogP contribution in [0.15, 0.2) is 0 Å². The Labute approximate surface area is 71.6 Å². The van der Waals surface area contributed by atoms with E-state index in [1.165, 1.54) is 0 Å². The van der Waals surface area contributed by atoms with Gasteiger partial charge < -0.3 is 5.11 Å². The molecule has 0 fully saturated rings. The molecule has 0 rings (SSSR count). The second-order valence-electron chi connectivity index (χ2n) is 0.747. The maximum atomic E-state index is 9.37. The van der Waals surface area contributed by atoms with Crippen molar-refractivity contribution >= 4 is 29.0 Å². The smallest absolute Gasteiger partial charge is 0.316 e. The molecular weight excluding hydrogens is 158 g/mol. The fourth-order valence-corrected chi connectivity index (χ4v) is 0. The van der Waals surface area contributed by atoms with Crippen LogP contribution in [0.2, 0.25) is 0 Å². The Morgan fingerprint density at radius 1 is 1.71 bits per heavy atom. The zero-order valence-electron chi connectivity index (χ0n) is 3.77. The van der Waals surface area contributed by atoms with Gasteiger partial charge in [0.05, 0.1) is 0 Å². The van der Waals surface area contributed by atoms with Crippen LogP contribution >= 0.6 is 0 Å². The zero-order valence-corrected chi connectivity index (χ0v) is 6.74. The van der Waals surface area contributed by atoms with Gasteiger partial charge in [-0.05, 0) is 0 Å². The van der Waals surface area contributed by atoms with E-state index in [0.717, 1.165) is 0 Å². The van der Waals surface area contributed by atoms with E-state index in [1.54, 1.807) is 6.92 Å². The fourth-order valence-electron chi connectivity index (χ4n) is 0. The minimum Gasteiger partial charge on any atom is -0.481 e. The van der Waals surface area contributed by atoms with E-state index in [2.05, 4.69) is 0 Å². The van der Waals surface area contributed by atoms with Gasteiger partial charge in [0.1, 0.15) is 0 Å². The van der Waals surface area contributed by atoms with Crippen LogP contribution in [0.1, 0.15) is 13.3 Å². The summed E-state index contributed by atoms with van der Waals surface area (Å²) < 4.78 is 0. The number of carbonyl (C=O) groups is 1. The molecule has 0 saturated heterocycles. The number of hydrogen-bond donors (Lipinski definition) is 1. The number of carboxylic acids is 1. The summed E-state index contributed by atoms with van der Waals surface area (Å²) >= 11 is 0. The van der Waals surface area contributed by atoms with Gasteiger partial charge in [-0.2, -0.15) is 0 Å². The van der Waals surface area contributed by atoms with E-state index in [1.807, 2.05) is 0 Å². The van der Waals surface area contributed by atoms with Crippen LogP contribution in [0.25, 0.3) is 0 Å². The average molecular weight is 166 g/mol. The Balaban J connectivity index is -0.0000000800. The van der Waals surface area contributed by atoms with Crippen LogP contribution in [-0.2, 0) is 24.3 Å². The monoisotopic (exact) mass is 164 g/mol. The largest absolute Gasteiger partial charge is 0.481 e. The van der Waals surface area contributed by atoms with Gasteiger partial charge in [0, 0.05) is 25.9 Å². The number of rotatable bonds is 1. The summed E-state index contributed by atoms with van der Waals surface area (Å²) in [7, 11) is 0. The Morgan fingerprint density at radius 3 is 1.86 bits per heavy atom. The van der Waals surface area contributed by atoms with Gasteiger partial charge in [0.15, 0.2) is 0 Å². The molecule has 0 aromatic heterocycles. The Kier molecular flexibility index (Phi) is 22.3. The molecule has 0 aromatic rings.